The number of furan rings is 1. The molecule has 1 fully saturated rings. The Morgan fingerprint density at radius 1 is 1.38 bits per heavy atom. The van der Waals surface area contributed by atoms with E-state index in [9.17, 15) is 18.0 Å². The molecule has 2 rings (SSSR count). The van der Waals surface area contributed by atoms with Crippen LogP contribution in [0.3, 0.4) is 0 Å². The Hall–Kier alpha value is -1.87. The van der Waals surface area contributed by atoms with Crippen molar-refractivity contribution < 1.29 is 22.4 Å². The van der Waals surface area contributed by atoms with E-state index in [1.807, 2.05) is 0 Å². The number of carbonyl (C=O) groups is 2. The van der Waals surface area contributed by atoms with Crippen LogP contribution in [0, 0.1) is 0 Å². The van der Waals surface area contributed by atoms with Gasteiger partial charge in [-0.3, -0.25) is 9.59 Å². The van der Waals surface area contributed by atoms with Crippen molar-refractivity contribution in [2.24, 2.45) is 0 Å². The molecule has 2 amide bonds. The maximum absolute atomic E-state index is 12.4. The van der Waals surface area contributed by atoms with Crippen LogP contribution in [0.15, 0.2) is 22.8 Å². The second-order valence-electron chi connectivity index (χ2n) is 5.84. The highest BCUT2D eigenvalue weighted by atomic mass is 32.2. The van der Waals surface area contributed by atoms with E-state index in [2.05, 4.69) is 10.0 Å². The van der Waals surface area contributed by atoms with Crippen LogP contribution in [0.2, 0.25) is 0 Å². The third-order valence-electron chi connectivity index (χ3n) is 3.90. The zero-order chi connectivity index (χ0) is 17.6. The molecule has 8 nitrogen and oxygen atoms in total. The van der Waals surface area contributed by atoms with E-state index in [-0.39, 0.29) is 43.1 Å². The minimum Gasteiger partial charge on any atom is -0.459 e. The van der Waals surface area contributed by atoms with Crippen LogP contribution >= 0.6 is 0 Å². The molecule has 2 N–H and O–H groups in total. The predicted octanol–water partition coefficient (Wildman–Crippen LogP) is 0.330. The Labute approximate surface area is 141 Å². The summed E-state index contributed by atoms with van der Waals surface area (Å²) in [7, 11) is -3.28. The largest absolute Gasteiger partial charge is 0.459 e. The molecular weight excluding hydrogens is 334 g/mol. The van der Waals surface area contributed by atoms with Crippen molar-refractivity contribution in [3.05, 3.63) is 24.2 Å². The molecule has 1 atom stereocenters. The SMILES string of the molecule is CS(=O)(=O)NCC1CCCCN1C(=O)CCNC(=O)c1ccco1. The van der Waals surface area contributed by atoms with E-state index in [1.165, 1.54) is 6.26 Å². The third kappa shape index (κ3) is 5.64. The molecule has 24 heavy (non-hydrogen) atoms. The van der Waals surface area contributed by atoms with Crippen LogP contribution in [-0.4, -0.2) is 57.1 Å². The van der Waals surface area contributed by atoms with Gasteiger partial charge in [0, 0.05) is 32.1 Å². The van der Waals surface area contributed by atoms with Gasteiger partial charge in [0.25, 0.3) is 5.91 Å². The maximum Gasteiger partial charge on any atom is 0.286 e. The molecule has 9 heteroatoms. The lowest BCUT2D eigenvalue weighted by Crippen LogP contribution is -2.49. The van der Waals surface area contributed by atoms with Crippen molar-refractivity contribution in [1.29, 1.82) is 0 Å². The van der Waals surface area contributed by atoms with Gasteiger partial charge in [-0.25, -0.2) is 13.1 Å². The average molecular weight is 357 g/mol. The fourth-order valence-electron chi connectivity index (χ4n) is 2.71. The normalized spacial score (nSPS) is 18.4. The lowest BCUT2D eigenvalue weighted by molar-refractivity contribution is -0.134. The number of amides is 2. The van der Waals surface area contributed by atoms with Gasteiger partial charge >= 0.3 is 0 Å². The van der Waals surface area contributed by atoms with E-state index in [0.29, 0.717) is 6.54 Å². The summed E-state index contributed by atoms with van der Waals surface area (Å²) in [6.07, 6.45) is 5.32. The first-order chi connectivity index (χ1) is 11.4. The molecule has 1 saturated heterocycles. The first-order valence-corrected chi connectivity index (χ1v) is 9.82. The first-order valence-electron chi connectivity index (χ1n) is 7.92. The van der Waals surface area contributed by atoms with Gasteiger partial charge in [0.05, 0.1) is 12.5 Å². The fraction of sp³-hybridized carbons (Fsp3) is 0.600. The lowest BCUT2D eigenvalue weighted by atomic mass is 10.0. The molecule has 1 aromatic heterocycles. The molecule has 0 saturated carbocycles. The number of nitrogens with zero attached hydrogens (tertiary/aromatic N) is 1. The number of rotatable bonds is 7. The minimum absolute atomic E-state index is 0.0882. The van der Waals surface area contributed by atoms with Crippen molar-refractivity contribution in [3.8, 4) is 0 Å². The Bertz CT molecular complexity index is 657. The average Bonchev–Trinajstić information content (AvgIpc) is 3.07. The second kappa shape index (κ2) is 8.29. The van der Waals surface area contributed by atoms with E-state index >= 15 is 0 Å². The summed E-state index contributed by atoms with van der Waals surface area (Å²) in [5.74, 6) is -0.243. The van der Waals surface area contributed by atoms with E-state index in [4.69, 9.17) is 4.42 Å². The van der Waals surface area contributed by atoms with Crippen LogP contribution in [0.1, 0.15) is 36.2 Å². The molecule has 0 aromatic carbocycles. The minimum atomic E-state index is -3.28. The highest BCUT2D eigenvalue weighted by molar-refractivity contribution is 7.88. The first kappa shape index (κ1) is 18.5. The van der Waals surface area contributed by atoms with E-state index in [1.54, 1.807) is 17.0 Å². The summed E-state index contributed by atoms with van der Waals surface area (Å²) in [5, 5.41) is 2.63. The molecule has 134 valence electrons. The molecule has 1 unspecified atom stereocenters. The van der Waals surface area contributed by atoms with Gasteiger partial charge in [0.15, 0.2) is 5.76 Å². The Kier molecular flexibility index (Phi) is 6.38. The standard InChI is InChI=1S/C15H23N3O5S/c1-24(21,22)17-11-12-5-2-3-9-18(12)14(19)7-8-16-15(20)13-6-4-10-23-13/h4,6,10,12,17H,2-3,5,7-9,11H2,1H3,(H,16,20). The molecule has 2 heterocycles. The van der Waals surface area contributed by atoms with Gasteiger partial charge in [-0.15, -0.1) is 0 Å². The van der Waals surface area contributed by atoms with Gasteiger partial charge < -0.3 is 14.6 Å². The number of nitrogens with one attached hydrogen (secondary N) is 2. The highest BCUT2D eigenvalue weighted by Crippen LogP contribution is 2.17. The van der Waals surface area contributed by atoms with Crippen LogP contribution < -0.4 is 10.0 Å². The van der Waals surface area contributed by atoms with Crippen LogP contribution in [-0.2, 0) is 14.8 Å². The number of carbonyl (C=O) groups excluding carboxylic acids is 2. The summed E-state index contributed by atoms with van der Waals surface area (Å²) < 4.78 is 29.9. The highest BCUT2D eigenvalue weighted by Gasteiger charge is 2.27. The molecule has 1 aromatic rings. The number of piperidine rings is 1. The fourth-order valence-corrected chi connectivity index (χ4v) is 3.21. The van der Waals surface area contributed by atoms with Crippen molar-refractivity contribution in [3.63, 3.8) is 0 Å². The molecule has 1 aliphatic rings. The number of hydrogen-bond acceptors (Lipinski definition) is 5. The molecule has 0 radical (unpaired) electrons. The summed E-state index contributed by atoms with van der Waals surface area (Å²) in [5.41, 5.74) is 0. The topological polar surface area (TPSA) is 109 Å². The van der Waals surface area contributed by atoms with Crippen molar-refractivity contribution in [2.75, 3.05) is 25.9 Å². The Morgan fingerprint density at radius 2 is 2.17 bits per heavy atom. The van der Waals surface area contributed by atoms with Crippen molar-refractivity contribution in [1.82, 2.24) is 14.9 Å². The predicted molar refractivity (Wildman–Crippen MR) is 87.9 cm³/mol. The zero-order valence-electron chi connectivity index (χ0n) is 13.7. The molecule has 1 aliphatic heterocycles. The van der Waals surface area contributed by atoms with Gasteiger partial charge in [0.2, 0.25) is 15.9 Å². The quantitative estimate of drug-likeness (QED) is 0.731. The number of sulfonamides is 1. The summed E-state index contributed by atoms with van der Waals surface area (Å²) in [6.45, 7) is 1.05. The number of hydrogen-bond donors (Lipinski definition) is 2. The Morgan fingerprint density at radius 3 is 2.83 bits per heavy atom. The van der Waals surface area contributed by atoms with Crippen molar-refractivity contribution >= 4 is 21.8 Å². The summed E-state index contributed by atoms with van der Waals surface area (Å²) in [6, 6.07) is 3.03. The van der Waals surface area contributed by atoms with Crippen LogP contribution in [0.5, 0.6) is 0 Å². The monoisotopic (exact) mass is 357 g/mol. The van der Waals surface area contributed by atoms with Crippen LogP contribution in [0.25, 0.3) is 0 Å². The Balaban J connectivity index is 1.81. The van der Waals surface area contributed by atoms with E-state index < -0.39 is 10.0 Å². The van der Waals surface area contributed by atoms with Gasteiger partial charge in [0.1, 0.15) is 0 Å². The van der Waals surface area contributed by atoms with Gasteiger partial charge in [-0.05, 0) is 31.4 Å². The molecular formula is C15H23N3O5S. The maximum atomic E-state index is 12.4. The summed E-state index contributed by atoms with van der Waals surface area (Å²) >= 11 is 0. The smallest absolute Gasteiger partial charge is 0.286 e. The van der Waals surface area contributed by atoms with E-state index in [0.717, 1.165) is 25.5 Å². The van der Waals surface area contributed by atoms with Gasteiger partial charge in [-0.2, -0.15) is 0 Å². The molecule has 0 spiro atoms. The second-order valence-corrected chi connectivity index (χ2v) is 7.67. The lowest BCUT2D eigenvalue weighted by Gasteiger charge is -2.36. The van der Waals surface area contributed by atoms with Crippen LogP contribution in [0.4, 0.5) is 0 Å². The van der Waals surface area contributed by atoms with Crippen molar-refractivity contribution in [2.45, 2.75) is 31.7 Å². The third-order valence-corrected chi connectivity index (χ3v) is 4.59. The number of likely N-dealkylation sites (tertiary alicyclic amines) is 1. The summed E-state index contributed by atoms with van der Waals surface area (Å²) in [4.78, 5) is 25.8. The molecule has 0 bridgehead atoms. The zero-order valence-corrected chi connectivity index (χ0v) is 14.5. The van der Waals surface area contributed by atoms with Gasteiger partial charge in [-0.1, -0.05) is 0 Å². The molecule has 0 aliphatic carbocycles.